The molecule has 0 spiro atoms. The molecule has 2 rings (SSSR count). The van der Waals surface area contributed by atoms with Gasteiger partial charge in [0.25, 0.3) is 5.91 Å². The van der Waals surface area contributed by atoms with Gasteiger partial charge in [-0.1, -0.05) is 13.8 Å². The minimum Gasteiger partial charge on any atom is -0.385 e. The first-order chi connectivity index (χ1) is 9.06. The van der Waals surface area contributed by atoms with Crippen LogP contribution in [0.1, 0.15) is 55.5 Å². The van der Waals surface area contributed by atoms with E-state index in [1.54, 1.807) is 7.11 Å². The van der Waals surface area contributed by atoms with Gasteiger partial charge in [-0.2, -0.15) is 0 Å². The molecule has 1 aliphatic rings. The van der Waals surface area contributed by atoms with Gasteiger partial charge in [-0.25, -0.2) is 4.98 Å². The van der Waals surface area contributed by atoms with Crippen LogP contribution in [0.4, 0.5) is 0 Å². The van der Waals surface area contributed by atoms with Crippen LogP contribution in [0, 0.1) is 5.41 Å². The van der Waals surface area contributed by atoms with Gasteiger partial charge in [0.05, 0.1) is 0 Å². The van der Waals surface area contributed by atoms with Gasteiger partial charge in [-0.3, -0.25) is 9.89 Å². The molecule has 1 fully saturated rings. The van der Waals surface area contributed by atoms with E-state index in [2.05, 4.69) is 20.5 Å². The van der Waals surface area contributed by atoms with E-state index < -0.39 is 0 Å². The maximum Gasteiger partial charge on any atom is 0.290 e. The Morgan fingerprint density at radius 1 is 1.53 bits per heavy atom. The zero-order valence-electron chi connectivity index (χ0n) is 11.8. The summed E-state index contributed by atoms with van der Waals surface area (Å²) in [7, 11) is 1.70. The van der Waals surface area contributed by atoms with Crippen molar-refractivity contribution in [3.63, 3.8) is 0 Å². The number of aromatic amines is 1. The summed E-state index contributed by atoms with van der Waals surface area (Å²) in [5.74, 6) is 1.01. The van der Waals surface area contributed by atoms with Crippen molar-refractivity contribution in [1.82, 2.24) is 20.5 Å². The SMILES string of the molecule is COCCC1(CNC(=O)c2n[nH]c(C(C)C)n2)CC1. The molecule has 0 bridgehead atoms. The van der Waals surface area contributed by atoms with Gasteiger partial charge >= 0.3 is 0 Å². The number of nitrogens with one attached hydrogen (secondary N) is 2. The van der Waals surface area contributed by atoms with E-state index in [1.165, 1.54) is 0 Å². The molecular weight excluding hydrogens is 244 g/mol. The summed E-state index contributed by atoms with van der Waals surface area (Å²) in [6, 6.07) is 0. The van der Waals surface area contributed by atoms with Crippen molar-refractivity contribution in [2.45, 2.75) is 39.0 Å². The third-order valence-corrected chi connectivity index (χ3v) is 3.67. The van der Waals surface area contributed by atoms with E-state index in [0.717, 1.165) is 31.7 Å². The molecule has 0 atom stereocenters. The molecule has 0 unspecified atom stereocenters. The molecule has 2 N–H and O–H groups in total. The lowest BCUT2D eigenvalue weighted by molar-refractivity contribution is 0.0928. The van der Waals surface area contributed by atoms with E-state index in [-0.39, 0.29) is 23.1 Å². The molecule has 0 radical (unpaired) electrons. The van der Waals surface area contributed by atoms with Crippen LogP contribution in [0.5, 0.6) is 0 Å². The topological polar surface area (TPSA) is 79.9 Å². The van der Waals surface area contributed by atoms with Gasteiger partial charge in [-0.15, -0.1) is 5.10 Å². The molecule has 6 heteroatoms. The molecule has 19 heavy (non-hydrogen) atoms. The van der Waals surface area contributed by atoms with Crippen LogP contribution in [0.3, 0.4) is 0 Å². The Balaban J connectivity index is 1.84. The zero-order chi connectivity index (χ0) is 13.9. The molecule has 6 nitrogen and oxygen atoms in total. The molecule has 1 heterocycles. The van der Waals surface area contributed by atoms with Crippen molar-refractivity contribution < 1.29 is 9.53 Å². The number of rotatable bonds is 7. The minimum absolute atomic E-state index is 0.202. The average Bonchev–Trinajstić information content (AvgIpc) is 2.97. The van der Waals surface area contributed by atoms with Crippen LogP contribution in [-0.4, -0.2) is 41.3 Å². The summed E-state index contributed by atoms with van der Waals surface area (Å²) < 4.78 is 5.10. The van der Waals surface area contributed by atoms with Crippen LogP contribution in [-0.2, 0) is 4.74 Å². The van der Waals surface area contributed by atoms with Gasteiger partial charge in [0.15, 0.2) is 0 Å². The highest BCUT2D eigenvalue weighted by atomic mass is 16.5. The van der Waals surface area contributed by atoms with Crippen molar-refractivity contribution >= 4 is 5.91 Å². The van der Waals surface area contributed by atoms with E-state index in [0.29, 0.717) is 6.54 Å². The van der Waals surface area contributed by atoms with Crippen molar-refractivity contribution in [3.8, 4) is 0 Å². The smallest absolute Gasteiger partial charge is 0.290 e. The van der Waals surface area contributed by atoms with Crippen molar-refractivity contribution in [1.29, 1.82) is 0 Å². The Kier molecular flexibility index (Phi) is 4.19. The first kappa shape index (κ1) is 14.0. The molecule has 1 aromatic rings. The molecular formula is C13H22N4O2. The third-order valence-electron chi connectivity index (χ3n) is 3.67. The number of carbonyl (C=O) groups is 1. The standard InChI is InChI=1S/C13H22N4O2/c1-9(2)10-15-11(17-16-10)12(18)14-8-13(4-5-13)6-7-19-3/h9H,4-8H2,1-3H3,(H,14,18)(H,15,16,17). The average molecular weight is 266 g/mol. The monoisotopic (exact) mass is 266 g/mol. The second kappa shape index (κ2) is 5.69. The van der Waals surface area contributed by atoms with E-state index >= 15 is 0 Å². The van der Waals surface area contributed by atoms with Gasteiger partial charge in [0.2, 0.25) is 5.82 Å². The summed E-state index contributed by atoms with van der Waals surface area (Å²) >= 11 is 0. The van der Waals surface area contributed by atoms with Gasteiger partial charge in [0, 0.05) is 26.2 Å². The second-order valence-electron chi connectivity index (χ2n) is 5.62. The van der Waals surface area contributed by atoms with Crippen molar-refractivity contribution in [2.24, 2.45) is 5.41 Å². The van der Waals surface area contributed by atoms with Crippen LogP contribution >= 0.6 is 0 Å². The maximum absolute atomic E-state index is 11.9. The number of methoxy groups -OCH3 is 1. The van der Waals surface area contributed by atoms with Gasteiger partial charge in [-0.05, 0) is 24.7 Å². The number of H-pyrrole nitrogens is 1. The summed E-state index contributed by atoms with van der Waals surface area (Å²) in [5, 5.41) is 9.66. The Morgan fingerprint density at radius 2 is 2.26 bits per heavy atom. The third kappa shape index (κ3) is 3.53. The molecule has 1 amide bonds. The fourth-order valence-electron chi connectivity index (χ4n) is 1.99. The first-order valence-corrected chi connectivity index (χ1v) is 6.76. The summed E-state index contributed by atoms with van der Waals surface area (Å²) in [5.41, 5.74) is 0.239. The highest BCUT2D eigenvalue weighted by Gasteiger charge is 2.42. The zero-order valence-corrected chi connectivity index (χ0v) is 11.8. The highest BCUT2D eigenvalue weighted by Crippen LogP contribution is 2.48. The number of ether oxygens (including phenoxy) is 1. The Hall–Kier alpha value is -1.43. The maximum atomic E-state index is 11.9. The lowest BCUT2D eigenvalue weighted by atomic mass is 10.0. The van der Waals surface area contributed by atoms with Crippen molar-refractivity contribution in [2.75, 3.05) is 20.3 Å². The molecule has 0 saturated heterocycles. The molecule has 1 aliphatic carbocycles. The van der Waals surface area contributed by atoms with Crippen molar-refractivity contribution in [3.05, 3.63) is 11.6 Å². The fourth-order valence-corrected chi connectivity index (χ4v) is 1.99. The Morgan fingerprint density at radius 3 is 2.79 bits per heavy atom. The molecule has 106 valence electrons. The first-order valence-electron chi connectivity index (χ1n) is 6.76. The van der Waals surface area contributed by atoms with Gasteiger partial charge in [0.1, 0.15) is 5.82 Å². The number of hydrogen-bond donors (Lipinski definition) is 2. The molecule has 1 aromatic heterocycles. The normalized spacial score (nSPS) is 16.6. The van der Waals surface area contributed by atoms with E-state index in [9.17, 15) is 4.79 Å². The summed E-state index contributed by atoms with van der Waals surface area (Å²) in [6.07, 6.45) is 3.30. The highest BCUT2D eigenvalue weighted by molar-refractivity contribution is 5.90. The number of amides is 1. The second-order valence-corrected chi connectivity index (χ2v) is 5.62. The van der Waals surface area contributed by atoms with E-state index in [4.69, 9.17) is 4.74 Å². The van der Waals surface area contributed by atoms with Crippen LogP contribution in [0.15, 0.2) is 0 Å². The Bertz CT molecular complexity index is 438. The number of aromatic nitrogens is 3. The quantitative estimate of drug-likeness (QED) is 0.783. The lowest BCUT2D eigenvalue weighted by Gasteiger charge is -2.14. The van der Waals surface area contributed by atoms with Crippen LogP contribution < -0.4 is 5.32 Å². The summed E-state index contributed by atoms with van der Waals surface area (Å²) in [6.45, 7) is 5.44. The van der Waals surface area contributed by atoms with Crippen LogP contribution in [0.25, 0.3) is 0 Å². The molecule has 0 aliphatic heterocycles. The predicted molar refractivity (Wildman–Crippen MR) is 71.0 cm³/mol. The predicted octanol–water partition coefficient (Wildman–Crippen LogP) is 1.47. The largest absolute Gasteiger partial charge is 0.385 e. The molecule has 1 saturated carbocycles. The number of hydrogen-bond acceptors (Lipinski definition) is 4. The van der Waals surface area contributed by atoms with Gasteiger partial charge < -0.3 is 10.1 Å². The van der Waals surface area contributed by atoms with E-state index in [1.807, 2.05) is 13.8 Å². The Labute approximate surface area is 113 Å². The lowest BCUT2D eigenvalue weighted by Crippen LogP contribution is -2.31. The van der Waals surface area contributed by atoms with Crippen LogP contribution in [0.2, 0.25) is 0 Å². The molecule has 0 aromatic carbocycles. The fraction of sp³-hybridized carbons (Fsp3) is 0.769. The summed E-state index contributed by atoms with van der Waals surface area (Å²) in [4.78, 5) is 16.1. The number of carbonyl (C=O) groups excluding carboxylic acids is 1. The minimum atomic E-state index is -0.202. The number of nitrogens with zero attached hydrogens (tertiary/aromatic N) is 2.